The smallest absolute Gasteiger partial charge is 0.243 e. The molecular formula is C20H23FN2O4S. The van der Waals surface area contributed by atoms with Crippen LogP contribution in [0.2, 0.25) is 0 Å². The Kier molecular flexibility index (Phi) is 6.00. The number of carbonyl (C=O) groups is 1. The van der Waals surface area contributed by atoms with E-state index in [1.165, 1.54) is 23.4 Å². The number of rotatable bonds is 5. The lowest BCUT2D eigenvalue weighted by molar-refractivity contribution is -0.129. The van der Waals surface area contributed by atoms with Crippen LogP contribution >= 0.6 is 0 Å². The van der Waals surface area contributed by atoms with Crippen molar-refractivity contribution in [3.8, 4) is 5.75 Å². The molecule has 1 aliphatic heterocycles. The van der Waals surface area contributed by atoms with Gasteiger partial charge in [-0.3, -0.25) is 4.79 Å². The first-order chi connectivity index (χ1) is 13.3. The van der Waals surface area contributed by atoms with Gasteiger partial charge in [0.1, 0.15) is 18.2 Å². The molecule has 0 saturated heterocycles. The van der Waals surface area contributed by atoms with Gasteiger partial charge >= 0.3 is 0 Å². The second-order valence-corrected chi connectivity index (χ2v) is 8.55. The fourth-order valence-corrected chi connectivity index (χ4v) is 4.55. The summed E-state index contributed by atoms with van der Waals surface area (Å²) < 4.78 is 46.1. The van der Waals surface area contributed by atoms with Crippen LogP contribution in [0, 0.1) is 5.82 Å². The average molecular weight is 406 g/mol. The summed E-state index contributed by atoms with van der Waals surface area (Å²) >= 11 is 0. The zero-order valence-corrected chi connectivity index (χ0v) is 16.7. The molecule has 0 fully saturated rings. The van der Waals surface area contributed by atoms with Crippen molar-refractivity contribution in [3.63, 3.8) is 0 Å². The molecule has 6 nitrogen and oxygen atoms in total. The second-order valence-electron chi connectivity index (χ2n) is 6.62. The zero-order chi connectivity index (χ0) is 20.3. The minimum absolute atomic E-state index is 0.0193. The molecule has 0 saturated carbocycles. The van der Waals surface area contributed by atoms with Crippen molar-refractivity contribution in [1.82, 2.24) is 9.21 Å². The van der Waals surface area contributed by atoms with Gasteiger partial charge in [0, 0.05) is 38.7 Å². The number of hydrogen-bond donors (Lipinski definition) is 0. The lowest BCUT2D eigenvalue weighted by Gasteiger charge is -2.21. The number of hydrogen-bond acceptors (Lipinski definition) is 4. The van der Waals surface area contributed by atoms with Crippen LogP contribution in [-0.4, -0.2) is 43.2 Å². The van der Waals surface area contributed by atoms with E-state index in [2.05, 4.69) is 0 Å². The number of benzene rings is 2. The molecule has 150 valence electrons. The minimum Gasteiger partial charge on any atom is -0.492 e. The van der Waals surface area contributed by atoms with Crippen molar-refractivity contribution < 1.29 is 22.3 Å². The van der Waals surface area contributed by atoms with E-state index in [1.807, 2.05) is 25.1 Å². The van der Waals surface area contributed by atoms with E-state index in [4.69, 9.17) is 4.74 Å². The Labute approximate surface area is 164 Å². The fraction of sp³-hybridized carbons (Fsp3) is 0.350. The molecule has 0 atom stereocenters. The first-order valence-electron chi connectivity index (χ1n) is 9.07. The average Bonchev–Trinajstić information content (AvgIpc) is 2.88. The molecular weight excluding hydrogens is 383 g/mol. The number of fused-ring (bicyclic) bond motifs is 1. The van der Waals surface area contributed by atoms with Gasteiger partial charge in [0.05, 0.1) is 4.90 Å². The standard InChI is InChI=1S/C20H23FN2O4S/c1-3-22(15(2)24)13-16-4-9-20-17(12-16)14-23(10-11-27-20)28(25,26)19-7-5-18(21)6-8-19/h4-9,12H,3,10-11,13-14H2,1-2H3. The molecule has 0 bridgehead atoms. The van der Waals surface area contributed by atoms with Crippen molar-refractivity contribution in [1.29, 1.82) is 0 Å². The quantitative estimate of drug-likeness (QED) is 0.766. The Hall–Kier alpha value is -2.45. The predicted octanol–water partition coefficient (Wildman–Crippen LogP) is 2.78. The van der Waals surface area contributed by atoms with Crippen molar-refractivity contribution >= 4 is 15.9 Å². The number of carbonyl (C=O) groups excluding carboxylic acids is 1. The Bertz CT molecular complexity index is 961. The van der Waals surface area contributed by atoms with Crippen LogP contribution in [0.5, 0.6) is 5.75 Å². The van der Waals surface area contributed by atoms with E-state index in [-0.39, 0.29) is 30.5 Å². The van der Waals surface area contributed by atoms with Crippen LogP contribution < -0.4 is 4.74 Å². The van der Waals surface area contributed by atoms with Crippen molar-refractivity contribution in [2.75, 3.05) is 19.7 Å². The molecule has 0 unspecified atom stereocenters. The van der Waals surface area contributed by atoms with Crippen LogP contribution in [0.4, 0.5) is 4.39 Å². The normalized spacial score (nSPS) is 14.7. The highest BCUT2D eigenvalue weighted by atomic mass is 32.2. The monoisotopic (exact) mass is 406 g/mol. The van der Waals surface area contributed by atoms with Gasteiger partial charge in [-0.05, 0) is 48.9 Å². The van der Waals surface area contributed by atoms with Crippen molar-refractivity contribution in [3.05, 3.63) is 59.4 Å². The van der Waals surface area contributed by atoms with Gasteiger partial charge in [-0.1, -0.05) is 6.07 Å². The fourth-order valence-electron chi connectivity index (χ4n) is 3.15. The van der Waals surface area contributed by atoms with E-state index in [0.717, 1.165) is 23.3 Å². The highest BCUT2D eigenvalue weighted by Crippen LogP contribution is 2.28. The number of ether oxygens (including phenoxy) is 1. The van der Waals surface area contributed by atoms with Crippen molar-refractivity contribution in [2.45, 2.75) is 31.8 Å². The summed E-state index contributed by atoms with van der Waals surface area (Å²) in [4.78, 5) is 13.4. The molecule has 1 amide bonds. The number of sulfonamides is 1. The third-order valence-electron chi connectivity index (χ3n) is 4.72. The molecule has 0 spiro atoms. The number of nitrogens with zero attached hydrogens (tertiary/aromatic N) is 2. The summed E-state index contributed by atoms with van der Waals surface area (Å²) in [7, 11) is -3.78. The summed E-state index contributed by atoms with van der Waals surface area (Å²) in [6, 6.07) is 10.4. The maximum atomic E-state index is 13.2. The summed E-state index contributed by atoms with van der Waals surface area (Å²) in [5.41, 5.74) is 1.64. The minimum atomic E-state index is -3.78. The van der Waals surface area contributed by atoms with Gasteiger partial charge in [0.25, 0.3) is 0 Å². The Morgan fingerprint density at radius 3 is 2.57 bits per heavy atom. The van der Waals surface area contributed by atoms with E-state index in [1.54, 1.807) is 4.90 Å². The van der Waals surface area contributed by atoms with Gasteiger partial charge in [-0.15, -0.1) is 0 Å². The van der Waals surface area contributed by atoms with Crippen LogP contribution in [-0.2, 0) is 27.9 Å². The summed E-state index contributed by atoms with van der Waals surface area (Å²) in [6.07, 6.45) is 0. The molecule has 8 heteroatoms. The Morgan fingerprint density at radius 2 is 1.93 bits per heavy atom. The molecule has 3 rings (SSSR count). The van der Waals surface area contributed by atoms with Gasteiger partial charge < -0.3 is 9.64 Å². The Balaban J connectivity index is 1.87. The van der Waals surface area contributed by atoms with E-state index < -0.39 is 15.8 Å². The predicted molar refractivity (Wildman–Crippen MR) is 103 cm³/mol. The molecule has 0 N–H and O–H groups in total. The lowest BCUT2D eigenvalue weighted by atomic mass is 10.1. The third kappa shape index (κ3) is 4.34. The highest BCUT2D eigenvalue weighted by Gasteiger charge is 2.28. The van der Waals surface area contributed by atoms with E-state index in [9.17, 15) is 17.6 Å². The number of halogens is 1. The third-order valence-corrected chi connectivity index (χ3v) is 6.58. The van der Waals surface area contributed by atoms with Gasteiger partial charge in [0.15, 0.2) is 0 Å². The Morgan fingerprint density at radius 1 is 1.21 bits per heavy atom. The molecule has 1 aliphatic rings. The maximum Gasteiger partial charge on any atom is 0.243 e. The van der Waals surface area contributed by atoms with Crippen LogP contribution in [0.1, 0.15) is 25.0 Å². The van der Waals surface area contributed by atoms with Crippen LogP contribution in [0.15, 0.2) is 47.4 Å². The molecule has 0 radical (unpaired) electrons. The number of amides is 1. The molecule has 2 aromatic carbocycles. The first-order valence-corrected chi connectivity index (χ1v) is 10.5. The van der Waals surface area contributed by atoms with Crippen LogP contribution in [0.25, 0.3) is 0 Å². The largest absolute Gasteiger partial charge is 0.492 e. The summed E-state index contributed by atoms with van der Waals surface area (Å²) in [5.74, 6) is 0.125. The lowest BCUT2D eigenvalue weighted by Crippen LogP contribution is -2.32. The van der Waals surface area contributed by atoms with Gasteiger partial charge in [-0.25, -0.2) is 12.8 Å². The first kappa shape index (κ1) is 20.3. The molecule has 28 heavy (non-hydrogen) atoms. The highest BCUT2D eigenvalue weighted by molar-refractivity contribution is 7.89. The maximum absolute atomic E-state index is 13.2. The molecule has 0 aliphatic carbocycles. The topological polar surface area (TPSA) is 66.9 Å². The van der Waals surface area contributed by atoms with Gasteiger partial charge in [-0.2, -0.15) is 4.31 Å². The summed E-state index contributed by atoms with van der Waals surface area (Å²) in [6.45, 7) is 5.03. The molecule has 1 heterocycles. The summed E-state index contributed by atoms with van der Waals surface area (Å²) in [5, 5.41) is 0. The van der Waals surface area contributed by atoms with Crippen LogP contribution in [0.3, 0.4) is 0 Å². The van der Waals surface area contributed by atoms with Gasteiger partial charge in [0.2, 0.25) is 15.9 Å². The zero-order valence-electron chi connectivity index (χ0n) is 15.9. The second kappa shape index (κ2) is 8.28. The molecule has 2 aromatic rings. The molecule has 0 aromatic heterocycles. The van der Waals surface area contributed by atoms with E-state index >= 15 is 0 Å². The van der Waals surface area contributed by atoms with Crippen molar-refractivity contribution in [2.24, 2.45) is 0 Å². The SMILES string of the molecule is CCN(Cc1ccc2c(c1)CN(S(=O)(=O)c1ccc(F)cc1)CCO2)C(C)=O. The van der Waals surface area contributed by atoms with E-state index in [0.29, 0.717) is 18.8 Å².